The summed E-state index contributed by atoms with van der Waals surface area (Å²) in [7, 11) is 0. The molecule has 0 aromatic carbocycles. The second-order valence-corrected chi connectivity index (χ2v) is 7.38. The summed E-state index contributed by atoms with van der Waals surface area (Å²) in [6.07, 6.45) is 4.97. The molecule has 5 heteroatoms. The lowest BCUT2D eigenvalue weighted by atomic mass is 9.92. The Hall–Kier alpha value is -0.710. The third kappa shape index (κ3) is 3.74. The number of thioether (sulfide) groups is 1. The van der Waals surface area contributed by atoms with E-state index in [1.807, 2.05) is 13.8 Å². The van der Waals surface area contributed by atoms with Crippen molar-refractivity contribution >= 4 is 23.6 Å². The van der Waals surface area contributed by atoms with E-state index in [1.165, 1.54) is 0 Å². The highest BCUT2D eigenvalue weighted by Crippen LogP contribution is 2.33. The zero-order valence-corrected chi connectivity index (χ0v) is 15.0. The molecule has 1 aliphatic heterocycles. The third-order valence-electron chi connectivity index (χ3n) is 5.09. The van der Waals surface area contributed by atoms with E-state index in [1.54, 1.807) is 16.7 Å². The molecule has 3 unspecified atom stereocenters. The van der Waals surface area contributed by atoms with Crippen LogP contribution in [0.3, 0.4) is 0 Å². The summed E-state index contributed by atoms with van der Waals surface area (Å²) in [4.78, 5) is 26.8. The average molecular weight is 314 g/mol. The maximum absolute atomic E-state index is 12.8. The molecule has 3 atom stereocenters. The largest absolute Gasteiger partial charge is 0.342 e. The van der Waals surface area contributed by atoms with E-state index in [-0.39, 0.29) is 34.6 Å². The summed E-state index contributed by atoms with van der Waals surface area (Å²) >= 11 is 1.81. The highest BCUT2D eigenvalue weighted by molar-refractivity contribution is 8.00. The summed E-state index contributed by atoms with van der Waals surface area (Å²) in [5, 5.41) is 2.90. The van der Waals surface area contributed by atoms with Gasteiger partial charge in [-0.15, -0.1) is 0 Å². The lowest BCUT2D eigenvalue weighted by Gasteiger charge is -2.44. The van der Waals surface area contributed by atoms with Gasteiger partial charge in [-0.25, -0.2) is 0 Å². The first kappa shape index (κ1) is 18.3. The van der Waals surface area contributed by atoms with Crippen LogP contribution in [0.1, 0.15) is 53.9 Å². The Morgan fingerprint density at radius 3 is 2.29 bits per heavy atom. The summed E-state index contributed by atoms with van der Waals surface area (Å²) in [5.41, 5.74) is 0. The summed E-state index contributed by atoms with van der Waals surface area (Å²) in [6, 6.07) is -0.741. The van der Waals surface area contributed by atoms with Gasteiger partial charge in [0.05, 0.1) is 0 Å². The van der Waals surface area contributed by atoms with Gasteiger partial charge in [-0.2, -0.15) is 11.8 Å². The minimum atomic E-state index is -0.373. The molecule has 1 aliphatic rings. The Morgan fingerprint density at radius 2 is 1.86 bits per heavy atom. The fourth-order valence-electron chi connectivity index (χ4n) is 2.82. The molecular weight excluding hydrogens is 284 g/mol. The van der Waals surface area contributed by atoms with E-state index in [2.05, 4.69) is 32.3 Å². The van der Waals surface area contributed by atoms with Crippen molar-refractivity contribution in [1.82, 2.24) is 10.2 Å². The summed E-state index contributed by atoms with van der Waals surface area (Å²) in [5.74, 6) is 0.224. The quantitative estimate of drug-likeness (QED) is 0.786. The van der Waals surface area contributed by atoms with E-state index in [0.29, 0.717) is 6.54 Å². The van der Waals surface area contributed by atoms with E-state index < -0.39 is 0 Å². The second kappa shape index (κ2) is 7.52. The van der Waals surface area contributed by atoms with Gasteiger partial charge in [0.25, 0.3) is 0 Å². The van der Waals surface area contributed by atoms with Crippen LogP contribution in [0.5, 0.6) is 0 Å². The number of rotatable bonds is 7. The van der Waals surface area contributed by atoms with E-state index in [4.69, 9.17) is 0 Å². The Morgan fingerprint density at radius 1 is 1.29 bits per heavy atom. The molecule has 0 bridgehead atoms. The van der Waals surface area contributed by atoms with Crippen LogP contribution in [0.15, 0.2) is 0 Å². The lowest BCUT2D eigenvalue weighted by molar-refractivity contribution is -0.150. The van der Waals surface area contributed by atoms with Crippen LogP contribution in [0, 0.1) is 5.92 Å². The monoisotopic (exact) mass is 314 g/mol. The molecule has 0 aromatic rings. The van der Waals surface area contributed by atoms with Crippen molar-refractivity contribution in [3.8, 4) is 0 Å². The van der Waals surface area contributed by atoms with Crippen molar-refractivity contribution in [2.24, 2.45) is 5.92 Å². The molecule has 1 saturated heterocycles. The van der Waals surface area contributed by atoms with E-state index in [9.17, 15) is 9.59 Å². The number of hydrogen-bond acceptors (Lipinski definition) is 3. The van der Waals surface area contributed by atoms with Crippen molar-refractivity contribution in [3.05, 3.63) is 0 Å². The first-order chi connectivity index (χ1) is 9.85. The number of nitrogens with one attached hydrogen (secondary N) is 1. The Bertz CT molecular complexity index is 374. The van der Waals surface area contributed by atoms with Crippen molar-refractivity contribution in [2.75, 3.05) is 12.8 Å². The molecular formula is C16H30N2O2S. The third-order valence-corrected chi connectivity index (χ3v) is 6.66. The molecule has 122 valence electrons. The summed E-state index contributed by atoms with van der Waals surface area (Å²) < 4.78 is 0.0432. The van der Waals surface area contributed by atoms with Gasteiger partial charge in [0.15, 0.2) is 0 Å². The fourth-order valence-corrected chi connectivity index (χ4v) is 3.67. The fraction of sp³-hybridized carbons (Fsp3) is 0.875. The molecule has 2 amide bonds. The molecule has 1 fully saturated rings. The van der Waals surface area contributed by atoms with Crippen molar-refractivity contribution in [3.63, 3.8) is 0 Å². The molecule has 1 rings (SSSR count). The van der Waals surface area contributed by atoms with Crippen molar-refractivity contribution in [1.29, 1.82) is 0 Å². The maximum Gasteiger partial charge on any atom is 0.246 e. The first-order valence-electron chi connectivity index (χ1n) is 8.01. The van der Waals surface area contributed by atoms with Crippen molar-refractivity contribution in [2.45, 2.75) is 70.7 Å². The van der Waals surface area contributed by atoms with Gasteiger partial charge in [-0.1, -0.05) is 34.1 Å². The number of piperazine rings is 1. The highest BCUT2D eigenvalue weighted by Gasteiger charge is 2.43. The normalized spacial score (nSPS) is 25.0. The molecule has 0 radical (unpaired) electrons. The average Bonchev–Trinajstić information content (AvgIpc) is 2.51. The van der Waals surface area contributed by atoms with Crippen LogP contribution >= 0.6 is 11.8 Å². The number of amides is 2. The van der Waals surface area contributed by atoms with Crippen molar-refractivity contribution < 1.29 is 9.59 Å². The Balaban J connectivity index is 3.01. The zero-order valence-electron chi connectivity index (χ0n) is 14.2. The minimum Gasteiger partial charge on any atom is -0.342 e. The van der Waals surface area contributed by atoms with E-state index in [0.717, 1.165) is 19.3 Å². The van der Waals surface area contributed by atoms with Gasteiger partial charge in [0.1, 0.15) is 12.1 Å². The van der Waals surface area contributed by atoms with Crippen LogP contribution in [0.4, 0.5) is 0 Å². The predicted octanol–water partition coefficient (Wildman–Crippen LogP) is 2.67. The van der Waals surface area contributed by atoms with Gasteiger partial charge in [0.2, 0.25) is 11.8 Å². The number of carbonyl (C=O) groups is 2. The second-order valence-electron chi connectivity index (χ2n) is 6.11. The lowest BCUT2D eigenvalue weighted by Crippen LogP contribution is -2.65. The molecule has 21 heavy (non-hydrogen) atoms. The molecule has 0 saturated carbocycles. The molecule has 0 spiro atoms. The standard InChI is InChI=1S/C16H30N2O2S/c1-7-11(4)13-15(20)18(12(5)14(19)17-13)10-16(8-2,9-3)21-6/h11-13H,7-10H2,1-6H3,(H,17,19). The van der Waals surface area contributed by atoms with Gasteiger partial charge in [0, 0.05) is 11.3 Å². The topological polar surface area (TPSA) is 49.4 Å². The van der Waals surface area contributed by atoms with Gasteiger partial charge in [-0.3, -0.25) is 9.59 Å². The Labute approximate surface area is 133 Å². The van der Waals surface area contributed by atoms with Crippen LogP contribution in [-0.2, 0) is 9.59 Å². The van der Waals surface area contributed by atoms with Gasteiger partial charge >= 0.3 is 0 Å². The predicted molar refractivity (Wildman–Crippen MR) is 89.4 cm³/mol. The Kier molecular flexibility index (Phi) is 6.57. The highest BCUT2D eigenvalue weighted by atomic mass is 32.2. The molecule has 4 nitrogen and oxygen atoms in total. The maximum atomic E-state index is 12.8. The smallest absolute Gasteiger partial charge is 0.246 e. The van der Waals surface area contributed by atoms with Crippen LogP contribution < -0.4 is 5.32 Å². The van der Waals surface area contributed by atoms with Gasteiger partial charge < -0.3 is 10.2 Å². The molecule has 0 aliphatic carbocycles. The number of carbonyl (C=O) groups excluding carboxylic acids is 2. The zero-order chi connectivity index (χ0) is 16.2. The minimum absolute atomic E-state index is 0.0258. The SMILES string of the molecule is CCC(C)C1NC(=O)C(C)N(CC(CC)(CC)SC)C1=O. The first-order valence-corrected chi connectivity index (χ1v) is 9.24. The van der Waals surface area contributed by atoms with Crippen LogP contribution in [0.25, 0.3) is 0 Å². The number of nitrogens with zero attached hydrogens (tertiary/aromatic N) is 1. The van der Waals surface area contributed by atoms with E-state index >= 15 is 0 Å². The number of hydrogen-bond donors (Lipinski definition) is 1. The molecule has 0 aromatic heterocycles. The van der Waals surface area contributed by atoms with Gasteiger partial charge in [-0.05, 0) is 31.9 Å². The molecule has 1 heterocycles. The summed E-state index contributed by atoms with van der Waals surface area (Å²) in [6.45, 7) is 10.9. The van der Waals surface area contributed by atoms with Crippen LogP contribution in [0.2, 0.25) is 0 Å². The molecule has 1 N–H and O–H groups in total. The van der Waals surface area contributed by atoms with Crippen LogP contribution in [-0.4, -0.2) is 46.3 Å².